The van der Waals surface area contributed by atoms with Gasteiger partial charge in [-0.2, -0.15) is 4.31 Å². The lowest BCUT2D eigenvalue weighted by Crippen LogP contribution is -2.31. The Kier molecular flexibility index (Phi) is 6.62. The molecule has 8 heteroatoms. The summed E-state index contributed by atoms with van der Waals surface area (Å²) in [5.41, 5.74) is 0.109. The summed E-state index contributed by atoms with van der Waals surface area (Å²) < 4.78 is 32.7. The highest BCUT2D eigenvalue weighted by atomic mass is 79.9. The Hall–Kier alpha value is -1.41. The zero-order chi connectivity index (χ0) is 18.6. The van der Waals surface area contributed by atoms with Crippen LogP contribution in [0.5, 0.6) is 5.75 Å². The molecule has 0 atom stereocenters. The molecule has 134 valence electrons. The van der Waals surface area contributed by atoms with Crippen molar-refractivity contribution in [3.8, 4) is 5.75 Å². The van der Waals surface area contributed by atoms with Gasteiger partial charge in [0.05, 0.1) is 10.6 Å². The van der Waals surface area contributed by atoms with Crippen molar-refractivity contribution in [1.29, 1.82) is 0 Å². The lowest BCUT2D eigenvalue weighted by atomic mass is 10.2. The van der Waals surface area contributed by atoms with Crippen LogP contribution in [0.4, 0.5) is 0 Å². The summed E-state index contributed by atoms with van der Waals surface area (Å²) in [7, 11) is -3.78. The van der Waals surface area contributed by atoms with E-state index in [2.05, 4.69) is 15.9 Å². The van der Waals surface area contributed by atoms with E-state index in [0.717, 1.165) is 4.47 Å². The van der Waals surface area contributed by atoms with Crippen LogP contribution >= 0.6 is 27.5 Å². The predicted molar refractivity (Wildman–Crippen MR) is 101 cm³/mol. The van der Waals surface area contributed by atoms with Crippen molar-refractivity contribution in [1.82, 2.24) is 4.31 Å². The molecule has 0 spiro atoms. The van der Waals surface area contributed by atoms with Crippen LogP contribution in [-0.2, 0) is 10.0 Å². The minimum absolute atomic E-state index is 0.0621. The van der Waals surface area contributed by atoms with Crippen molar-refractivity contribution in [2.75, 3.05) is 13.1 Å². The summed E-state index contributed by atoms with van der Waals surface area (Å²) in [4.78, 5) is 12.2. The summed E-state index contributed by atoms with van der Waals surface area (Å²) in [5.74, 6) is -0.300. The first-order chi connectivity index (χ1) is 11.8. The lowest BCUT2D eigenvalue weighted by Gasteiger charge is -2.19. The summed E-state index contributed by atoms with van der Waals surface area (Å²) >= 11 is 9.35. The smallest absolute Gasteiger partial charge is 0.343 e. The first kappa shape index (κ1) is 19.9. The number of halogens is 2. The number of hydrogen-bond donors (Lipinski definition) is 0. The molecule has 0 aromatic heterocycles. The monoisotopic (exact) mass is 445 g/mol. The maximum atomic E-state index is 12.7. The zero-order valence-corrected chi connectivity index (χ0v) is 16.9. The third kappa shape index (κ3) is 4.61. The number of carbonyl (C=O) groups is 1. The van der Waals surface area contributed by atoms with Crippen molar-refractivity contribution in [2.45, 2.75) is 18.7 Å². The Morgan fingerprint density at radius 2 is 1.72 bits per heavy atom. The molecule has 0 N–H and O–H groups in total. The molecule has 0 saturated carbocycles. The summed E-state index contributed by atoms with van der Waals surface area (Å²) in [5, 5.41) is 0.0621. The fraction of sp³-hybridized carbons (Fsp3) is 0.235. The minimum Gasteiger partial charge on any atom is -0.423 e. The molecule has 25 heavy (non-hydrogen) atoms. The second-order valence-electron chi connectivity index (χ2n) is 5.08. The van der Waals surface area contributed by atoms with Gasteiger partial charge in [-0.05, 0) is 42.5 Å². The average molecular weight is 447 g/mol. The van der Waals surface area contributed by atoms with Crippen LogP contribution in [0.3, 0.4) is 0 Å². The van der Waals surface area contributed by atoms with Crippen LogP contribution in [-0.4, -0.2) is 31.8 Å². The van der Waals surface area contributed by atoms with Crippen LogP contribution in [0.25, 0.3) is 0 Å². The van der Waals surface area contributed by atoms with Gasteiger partial charge in [0.2, 0.25) is 10.0 Å². The highest BCUT2D eigenvalue weighted by molar-refractivity contribution is 9.10. The number of ether oxygens (including phenoxy) is 1. The first-order valence-corrected chi connectivity index (χ1v) is 10.2. The molecule has 0 aliphatic carbocycles. The topological polar surface area (TPSA) is 63.7 Å². The molecule has 0 bridgehead atoms. The van der Waals surface area contributed by atoms with Crippen molar-refractivity contribution >= 4 is 43.5 Å². The second kappa shape index (κ2) is 8.31. The molecule has 2 aromatic carbocycles. The molecule has 2 rings (SSSR count). The Labute approximate surface area is 160 Å². The van der Waals surface area contributed by atoms with Crippen molar-refractivity contribution in [3.05, 3.63) is 57.5 Å². The number of sulfonamides is 1. The molecule has 0 heterocycles. The molecule has 0 aliphatic heterocycles. The minimum atomic E-state index is -3.78. The third-order valence-corrected chi connectivity index (χ3v) is 6.57. The molecule has 2 aromatic rings. The highest BCUT2D eigenvalue weighted by Gasteiger charge is 2.26. The summed E-state index contributed by atoms with van der Waals surface area (Å²) in [6, 6.07) is 10.8. The van der Waals surface area contributed by atoms with Crippen molar-refractivity contribution in [2.24, 2.45) is 0 Å². The van der Waals surface area contributed by atoms with Gasteiger partial charge < -0.3 is 4.74 Å². The first-order valence-electron chi connectivity index (χ1n) is 7.57. The number of carbonyl (C=O) groups excluding carboxylic acids is 1. The maximum absolute atomic E-state index is 12.7. The van der Waals surface area contributed by atoms with Gasteiger partial charge in [-0.15, -0.1) is 0 Å². The van der Waals surface area contributed by atoms with E-state index in [1.165, 1.54) is 22.5 Å². The third-order valence-electron chi connectivity index (χ3n) is 3.51. The highest BCUT2D eigenvalue weighted by Crippen LogP contribution is 2.26. The molecule has 0 radical (unpaired) electrons. The number of rotatable bonds is 6. The van der Waals surface area contributed by atoms with E-state index < -0.39 is 16.0 Å². The largest absolute Gasteiger partial charge is 0.423 e. The molecule has 0 saturated heterocycles. The van der Waals surface area contributed by atoms with Crippen LogP contribution in [0.15, 0.2) is 51.8 Å². The van der Waals surface area contributed by atoms with Gasteiger partial charge in [0.25, 0.3) is 0 Å². The Morgan fingerprint density at radius 3 is 2.28 bits per heavy atom. The molecule has 0 aliphatic rings. The zero-order valence-electron chi connectivity index (χ0n) is 13.7. The van der Waals surface area contributed by atoms with Gasteiger partial charge in [0, 0.05) is 17.6 Å². The molecular weight excluding hydrogens is 430 g/mol. The summed E-state index contributed by atoms with van der Waals surface area (Å²) in [6.07, 6.45) is 0. The van der Waals surface area contributed by atoms with Crippen LogP contribution in [0, 0.1) is 0 Å². The van der Waals surface area contributed by atoms with E-state index in [0.29, 0.717) is 18.8 Å². The molecular formula is C17H17BrClNO4S. The average Bonchev–Trinajstić information content (AvgIpc) is 2.58. The number of hydrogen-bond acceptors (Lipinski definition) is 4. The van der Waals surface area contributed by atoms with Gasteiger partial charge in [0.15, 0.2) is 0 Å². The lowest BCUT2D eigenvalue weighted by molar-refractivity contribution is 0.0734. The Morgan fingerprint density at radius 1 is 1.12 bits per heavy atom. The normalized spacial score (nSPS) is 11.6. The van der Waals surface area contributed by atoms with Gasteiger partial charge >= 0.3 is 5.97 Å². The van der Waals surface area contributed by atoms with E-state index >= 15 is 0 Å². The predicted octanol–water partition coefficient (Wildman–Crippen LogP) is 4.35. The van der Waals surface area contributed by atoms with Crippen LogP contribution < -0.4 is 4.74 Å². The van der Waals surface area contributed by atoms with E-state index in [1.54, 1.807) is 38.1 Å². The van der Waals surface area contributed by atoms with E-state index in [9.17, 15) is 13.2 Å². The van der Waals surface area contributed by atoms with E-state index in [1.807, 2.05) is 0 Å². The molecule has 5 nitrogen and oxygen atoms in total. The van der Waals surface area contributed by atoms with Gasteiger partial charge in [-0.25, -0.2) is 13.2 Å². The Bertz CT molecular complexity index is 865. The Balaban J connectivity index is 2.35. The number of nitrogens with zero attached hydrogens (tertiary/aromatic N) is 1. The van der Waals surface area contributed by atoms with Crippen LogP contribution in [0.1, 0.15) is 24.2 Å². The van der Waals surface area contributed by atoms with Crippen LogP contribution in [0.2, 0.25) is 5.02 Å². The maximum Gasteiger partial charge on any atom is 0.343 e. The van der Waals surface area contributed by atoms with E-state index in [4.69, 9.17) is 16.3 Å². The molecule has 0 unspecified atom stereocenters. The fourth-order valence-corrected chi connectivity index (χ4v) is 4.42. The van der Waals surface area contributed by atoms with Gasteiger partial charge in [0.1, 0.15) is 10.6 Å². The van der Waals surface area contributed by atoms with Gasteiger partial charge in [-0.1, -0.05) is 41.4 Å². The number of esters is 1. The van der Waals surface area contributed by atoms with Crippen molar-refractivity contribution in [3.63, 3.8) is 0 Å². The van der Waals surface area contributed by atoms with Crippen molar-refractivity contribution < 1.29 is 17.9 Å². The number of benzene rings is 2. The fourth-order valence-electron chi connectivity index (χ4n) is 2.20. The SMILES string of the molecule is CCN(CC)S(=O)(=O)c1cc(C(=O)Oc2ccc(Br)cc2)ccc1Cl. The summed E-state index contributed by atoms with van der Waals surface area (Å²) in [6.45, 7) is 4.09. The standard InChI is InChI=1S/C17H17BrClNO4S/c1-3-20(4-2)25(22,23)16-11-12(5-10-15(16)19)17(21)24-14-8-6-13(18)7-9-14/h5-11H,3-4H2,1-2H3. The van der Waals surface area contributed by atoms with Gasteiger partial charge in [-0.3, -0.25) is 0 Å². The molecule has 0 amide bonds. The quantitative estimate of drug-likeness (QED) is 0.489. The second-order valence-corrected chi connectivity index (χ2v) is 8.31. The van der Waals surface area contributed by atoms with E-state index in [-0.39, 0.29) is 15.5 Å². The molecule has 0 fully saturated rings.